The summed E-state index contributed by atoms with van der Waals surface area (Å²) in [4.78, 5) is 11.9. The van der Waals surface area contributed by atoms with Crippen molar-refractivity contribution < 1.29 is 0 Å². The number of pyridine rings is 1. The van der Waals surface area contributed by atoms with Gasteiger partial charge in [0.25, 0.3) is 0 Å². The highest BCUT2D eigenvalue weighted by atomic mass is 32.1. The fourth-order valence-corrected chi connectivity index (χ4v) is 3.27. The molecule has 2 aromatic rings. The maximum Gasteiger partial charge on any atom is 0.127 e. The van der Waals surface area contributed by atoms with Crippen molar-refractivity contribution >= 4 is 33.5 Å². The molecule has 20 heavy (non-hydrogen) atoms. The first-order valence-corrected chi connectivity index (χ1v) is 7.92. The first kappa shape index (κ1) is 15.1. The number of aromatic nitrogens is 2. The van der Waals surface area contributed by atoms with Crippen LogP contribution in [0.5, 0.6) is 0 Å². The highest BCUT2D eigenvalue weighted by molar-refractivity contribution is 7.80. The molecule has 1 unspecified atom stereocenters. The topological polar surface area (TPSA) is 29.0 Å². The average Bonchev–Trinajstić information content (AvgIpc) is 2.87. The summed E-state index contributed by atoms with van der Waals surface area (Å²) < 4.78 is 0. The van der Waals surface area contributed by atoms with Crippen molar-refractivity contribution in [1.82, 2.24) is 9.97 Å². The molecule has 106 valence electrons. The molecule has 1 atom stereocenters. The Morgan fingerprint density at radius 1 is 1.50 bits per heavy atom. The van der Waals surface area contributed by atoms with Crippen molar-refractivity contribution in [3.05, 3.63) is 30.2 Å². The molecule has 0 amide bonds. The number of aryl methyl sites for hydroxylation is 1. The SMILES string of the molecule is CCC(C)C(=S)N(C)c1sc(-c2cccnc2)nc1C. The lowest BCUT2D eigenvalue weighted by atomic mass is 10.1. The summed E-state index contributed by atoms with van der Waals surface area (Å²) in [6.45, 7) is 6.35. The van der Waals surface area contributed by atoms with Crippen LogP contribution in [0.4, 0.5) is 5.00 Å². The Morgan fingerprint density at radius 3 is 2.85 bits per heavy atom. The number of thiazole rings is 1. The van der Waals surface area contributed by atoms with Crippen LogP contribution < -0.4 is 4.90 Å². The summed E-state index contributed by atoms with van der Waals surface area (Å²) in [6.07, 6.45) is 4.67. The van der Waals surface area contributed by atoms with E-state index in [1.54, 1.807) is 17.5 Å². The van der Waals surface area contributed by atoms with Gasteiger partial charge in [-0.15, -0.1) is 0 Å². The third-order valence-corrected chi connectivity index (χ3v) is 5.31. The summed E-state index contributed by atoms with van der Waals surface area (Å²) in [6, 6.07) is 3.96. The molecule has 0 N–H and O–H groups in total. The van der Waals surface area contributed by atoms with Crippen LogP contribution in [0.1, 0.15) is 26.0 Å². The molecule has 5 heteroatoms. The molecule has 0 aromatic carbocycles. The van der Waals surface area contributed by atoms with Gasteiger partial charge >= 0.3 is 0 Å². The average molecular weight is 305 g/mol. The number of anilines is 1. The molecule has 0 saturated heterocycles. The minimum Gasteiger partial charge on any atom is -0.329 e. The van der Waals surface area contributed by atoms with Gasteiger partial charge in [0.2, 0.25) is 0 Å². The van der Waals surface area contributed by atoms with E-state index in [-0.39, 0.29) is 0 Å². The van der Waals surface area contributed by atoms with Gasteiger partial charge in [0.15, 0.2) is 0 Å². The lowest BCUT2D eigenvalue weighted by molar-refractivity contribution is 0.738. The second kappa shape index (κ2) is 6.41. The molecular weight excluding hydrogens is 286 g/mol. The molecule has 0 spiro atoms. The van der Waals surface area contributed by atoms with Gasteiger partial charge in [-0.3, -0.25) is 4.98 Å². The standard InChI is InChI=1S/C15H19N3S2/c1-5-10(2)14(19)18(4)15-11(3)17-13(20-15)12-7-6-8-16-9-12/h6-10H,5H2,1-4H3. The van der Waals surface area contributed by atoms with Gasteiger partial charge in [-0.2, -0.15) is 0 Å². The van der Waals surface area contributed by atoms with Crippen LogP contribution in [-0.2, 0) is 0 Å². The second-order valence-electron chi connectivity index (χ2n) is 4.86. The molecule has 0 saturated carbocycles. The van der Waals surface area contributed by atoms with E-state index in [2.05, 4.69) is 28.7 Å². The maximum atomic E-state index is 5.56. The van der Waals surface area contributed by atoms with Gasteiger partial charge in [0.1, 0.15) is 10.0 Å². The van der Waals surface area contributed by atoms with Crippen molar-refractivity contribution in [2.24, 2.45) is 5.92 Å². The first-order chi connectivity index (χ1) is 9.54. The Hall–Kier alpha value is -1.33. The van der Waals surface area contributed by atoms with Crippen molar-refractivity contribution in [2.45, 2.75) is 27.2 Å². The van der Waals surface area contributed by atoms with Crippen molar-refractivity contribution in [1.29, 1.82) is 0 Å². The molecular formula is C15H19N3S2. The zero-order valence-electron chi connectivity index (χ0n) is 12.3. The van der Waals surface area contributed by atoms with Crippen LogP contribution in [0.25, 0.3) is 10.6 Å². The van der Waals surface area contributed by atoms with Crippen molar-refractivity contribution in [3.63, 3.8) is 0 Å². The van der Waals surface area contributed by atoms with Crippen LogP contribution >= 0.6 is 23.6 Å². The van der Waals surface area contributed by atoms with E-state index in [1.807, 2.05) is 32.3 Å². The van der Waals surface area contributed by atoms with Gasteiger partial charge in [-0.1, -0.05) is 37.4 Å². The maximum absolute atomic E-state index is 5.56. The number of nitrogens with zero attached hydrogens (tertiary/aromatic N) is 3. The zero-order chi connectivity index (χ0) is 14.7. The third kappa shape index (κ3) is 3.04. The summed E-state index contributed by atoms with van der Waals surface area (Å²) in [5, 5.41) is 2.11. The highest BCUT2D eigenvalue weighted by Crippen LogP contribution is 2.34. The van der Waals surface area contributed by atoms with E-state index in [0.29, 0.717) is 5.92 Å². The molecule has 0 aliphatic carbocycles. The minimum absolute atomic E-state index is 0.401. The van der Waals surface area contributed by atoms with E-state index >= 15 is 0 Å². The third-order valence-electron chi connectivity index (χ3n) is 3.35. The van der Waals surface area contributed by atoms with E-state index in [4.69, 9.17) is 12.2 Å². The lowest BCUT2D eigenvalue weighted by Crippen LogP contribution is -2.29. The Kier molecular flexibility index (Phi) is 4.83. The predicted octanol–water partition coefficient (Wildman–Crippen LogP) is 4.32. The molecule has 0 radical (unpaired) electrons. The van der Waals surface area contributed by atoms with Gasteiger partial charge in [-0.25, -0.2) is 4.98 Å². The molecule has 0 aliphatic heterocycles. The van der Waals surface area contributed by atoms with Gasteiger partial charge in [0.05, 0.1) is 10.7 Å². The Morgan fingerprint density at radius 2 is 2.25 bits per heavy atom. The van der Waals surface area contributed by atoms with Gasteiger partial charge in [-0.05, 0) is 25.5 Å². The van der Waals surface area contributed by atoms with E-state index < -0.39 is 0 Å². The fraction of sp³-hybridized carbons (Fsp3) is 0.400. The normalized spacial score (nSPS) is 12.2. The number of hydrogen-bond acceptors (Lipinski definition) is 4. The fourth-order valence-electron chi connectivity index (χ4n) is 1.92. The largest absolute Gasteiger partial charge is 0.329 e. The Bertz CT molecular complexity index is 592. The minimum atomic E-state index is 0.401. The smallest absolute Gasteiger partial charge is 0.127 e. The van der Waals surface area contributed by atoms with Crippen LogP contribution in [0, 0.1) is 12.8 Å². The molecule has 2 rings (SSSR count). The van der Waals surface area contributed by atoms with Gasteiger partial charge in [0, 0.05) is 30.9 Å². The van der Waals surface area contributed by atoms with Crippen molar-refractivity contribution in [2.75, 3.05) is 11.9 Å². The van der Waals surface area contributed by atoms with Gasteiger partial charge < -0.3 is 4.90 Å². The Balaban J connectivity index is 2.30. The molecule has 0 aliphatic rings. The summed E-state index contributed by atoms with van der Waals surface area (Å²) in [5.41, 5.74) is 2.07. The number of thiocarbonyl (C=S) groups is 1. The molecule has 0 fully saturated rings. The van der Waals surface area contributed by atoms with E-state index in [0.717, 1.165) is 32.7 Å². The number of hydrogen-bond donors (Lipinski definition) is 0. The second-order valence-corrected chi connectivity index (χ2v) is 6.25. The van der Waals surface area contributed by atoms with Crippen molar-refractivity contribution in [3.8, 4) is 10.6 Å². The number of rotatable bonds is 4. The summed E-state index contributed by atoms with van der Waals surface area (Å²) in [7, 11) is 2.03. The van der Waals surface area contributed by atoms with E-state index in [9.17, 15) is 0 Å². The summed E-state index contributed by atoms with van der Waals surface area (Å²) >= 11 is 7.22. The van der Waals surface area contributed by atoms with Crippen LogP contribution in [-0.4, -0.2) is 22.0 Å². The molecule has 0 bridgehead atoms. The molecule has 3 nitrogen and oxygen atoms in total. The molecule has 2 aromatic heterocycles. The van der Waals surface area contributed by atoms with E-state index in [1.165, 1.54) is 0 Å². The predicted molar refractivity (Wildman–Crippen MR) is 90.5 cm³/mol. The first-order valence-electron chi connectivity index (χ1n) is 6.70. The summed E-state index contributed by atoms with van der Waals surface area (Å²) in [5.74, 6) is 0.401. The monoisotopic (exact) mass is 305 g/mol. The lowest BCUT2D eigenvalue weighted by Gasteiger charge is -2.22. The van der Waals surface area contributed by atoms with Crippen LogP contribution in [0.2, 0.25) is 0 Å². The quantitative estimate of drug-likeness (QED) is 0.787. The Labute approximate surface area is 129 Å². The molecule has 2 heterocycles. The van der Waals surface area contributed by atoms with Crippen LogP contribution in [0.3, 0.4) is 0 Å². The zero-order valence-corrected chi connectivity index (χ0v) is 13.9. The van der Waals surface area contributed by atoms with Crippen LogP contribution in [0.15, 0.2) is 24.5 Å². The highest BCUT2D eigenvalue weighted by Gasteiger charge is 2.18.